The fourth-order valence-corrected chi connectivity index (χ4v) is 3.53. The lowest BCUT2D eigenvalue weighted by molar-refractivity contribution is -0.385. The first-order valence-electron chi connectivity index (χ1n) is 9.27. The molecule has 0 aromatic heterocycles. The number of aryl methyl sites for hydroxylation is 3. The minimum absolute atomic E-state index is 0.0557. The molecule has 1 aliphatic heterocycles. The van der Waals surface area contributed by atoms with E-state index in [1.54, 1.807) is 26.0 Å². The van der Waals surface area contributed by atoms with Gasteiger partial charge in [-0.3, -0.25) is 10.1 Å². The van der Waals surface area contributed by atoms with Crippen LogP contribution in [0.5, 0.6) is 17.2 Å². The first-order chi connectivity index (χ1) is 12.9. The summed E-state index contributed by atoms with van der Waals surface area (Å²) in [5.41, 5.74) is 2.33. The van der Waals surface area contributed by atoms with E-state index in [1.807, 2.05) is 6.07 Å². The molecule has 6 nitrogen and oxygen atoms in total. The smallest absolute Gasteiger partial charge is 0.270 e. The van der Waals surface area contributed by atoms with Crippen LogP contribution in [-0.2, 0) is 11.2 Å². The Hall–Kier alpha value is -2.60. The molecule has 1 aliphatic rings. The summed E-state index contributed by atoms with van der Waals surface area (Å²) >= 11 is 0. The highest BCUT2D eigenvalue weighted by molar-refractivity contribution is 5.51. The summed E-state index contributed by atoms with van der Waals surface area (Å²) in [5.74, 6) is 2.13. The van der Waals surface area contributed by atoms with Gasteiger partial charge in [0.25, 0.3) is 5.69 Å². The minimum Gasteiger partial charge on any atom is -0.508 e. The van der Waals surface area contributed by atoms with Crippen molar-refractivity contribution in [3.05, 3.63) is 57.1 Å². The number of nitrogens with zero attached hydrogens (tertiary/aromatic N) is 1. The number of phenols is 1. The predicted octanol–water partition coefficient (Wildman–Crippen LogP) is 5.07. The molecule has 2 aromatic carbocycles. The molecule has 0 bridgehead atoms. The van der Waals surface area contributed by atoms with Gasteiger partial charge in [0.05, 0.1) is 4.92 Å². The number of nitro groups is 1. The molecule has 0 spiro atoms. The fourth-order valence-electron chi connectivity index (χ4n) is 3.53. The van der Waals surface area contributed by atoms with Gasteiger partial charge in [0.1, 0.15) is 17.2 Å². The largest absolute Gasteiger partial charge is 0.508 e. The Morgan fingerprint density at radius 2 is 1.85 bits per heavy atom. The lowest BCUT2D eigenvalue weighted by atomic mass is 9.92. The van der Waals surface area contributed by atoms with Gasteiger partial charge in [-0.25, -0.2) is 0 Å². The van der Waals surface area contributed by atoms with Crippen molar-refractivity contribution in [2.45, 2.75) is 39.5 Å². The summed E-state index contributed by atoms with van der Waals surface area (Å²) in [6, 6.07) is 8.23. The molecule has 1 N–H and O–H groups in total. The second-order valence-corrected chi connectivity index (χ2v) is 7.15. The van der Waals surface area contributed by atoms with Crippen molar-refractivity contribution >= 4 is 5.69 Å². The van der Waals surface area contributed by atoms with Crippen LogP contribution in [0.2, 0.25) is 0 Å². The van der Waals surface area contributed by atoms with Crippen molar-refractivity contribution < 1.29 is 19.5 Å². The van der Waals surface area contributed by atoms with Crippen molar-refractivity contribution in [2.24, 2.45) is 5.92 Å². The van der Waals surface area contributed by atoms with Gasteiger partial charge in [-0.15, -0.1) is 0 Å². The summed E-state index contributed by atoms with van der Waals surface area (Å²) < 4.78 is 11.4. The van der Waals surface area contributed by atoms with Crippen LogP contribution in [0.3, 0.4) is 0 Å². The van der Waals surface area contributed by atoms with Crippen LogP contribution < -0.4 is 4.74 Å². The van der Waals surface area contributed by atoms with Crippen molar-refractivity contribution in [2.75, 3.05) is 13.2 Å². The van der Waals surface area contributed by atoms with Gasteiger partial charge in [0.15, 0.2) is 0 Å². The minimum atomic E-state index is -0.404. The number of rotatable bonds is 6. The molecule has 1 heterocycles. The van der Waals surface area contributed by atoms with Gasteiger partial charge in [-0.05, 0) is 80.3 Å². The van der Waals surface area contributed by atoms with Crippen LogP contribution in [0.25, 0.3) is 0 Å². The Morgan fingerprint density at radius 3 is 2.48 bits per heavy atom. The average Bonchev–Trinajstić information content (AvgIpc) is 2.65. The number of phenolic OH excluding ortho intramolecular Hbond substituents is 1. The summed E-state index contributed by atoms with van der Waals surface area (Å²) in [6.45, 7) is 5.22. The Bertz CT molecular complexity index is 804. The summed E-state index contributed by atoms with van der Waals surface area (Å²) in [4.78, 5) is 10.6. The molecule has 1 fully saturated rings. The first kappa shape index (κ1) is 19.2. The number of hydrogen-bond acceptors (Lipinski definition) is 5. The number of benzene rings is 2. The van der Waals surface area contributed by atoms with Gasteiger partial charge >= 0.3 is 0 Å². The first-order valence-corrected chi connectivity index (χ1v) is 9.27. The van der Waals surface area contributed by atoms with E-state index in [0.29, 0.717) is 28.5 Å². The van der Waals surface area contributed by atoms with E-state index in [9.17, 15) is 15.2 Å². The molecule has 0 atom stereocenters. The highest BCUT2D eigenvalue weighted by atomic mass is 16.6. The average molecular weight is 371 g/mol. The fraction of sp³-hybridized carbons (Fsp3) is 0.429. The zero-order chi connectivity index (χ0) is 19.4. The Morgan fingerprint density at radius 1 is 1.19 bits per heavy atom. The lowest BCUT2D eigenvalue weighted by Gasteiger charge is -2.22. The SMILES string of the molecule is Cc1cc([N+](=O)[O-])cc(C)c1Oc1ccc(O)c(CCC2CCOCC2)c1. The van der Waals surface area contributed by atoms with Crippen molar-refractivity contribution in [3.8, 4) is 17.2 Å². The van der Waals surface area contributed by atoms with Gasteiger partial charge in [-0.1, -0.05) is 0 Å². The number of ether oxygens (including phenoxy) is 2. The third-order valence-corrected chi connectivity index (χ3v) is 5.09. The van der Waals surface area contributed by atoms with Gasteiger partial charge < -0.3 is 14.6 Å². The van der Waals surface area contributed by atoms with E-state index in [0.717, 1.165) is 44.5 Å². The Labute approximate surface area is 158 Å². The lowest BCUT2D eigenvalue weighted by Crippen LogP contribution is -2.16. The van der Waals surface area contributed by atoms with Crippen LogP contribution >= 0.6 is 0 Å². The van der Waals surface area contributed by atoms with Crippen molar-refractivity contribution in [1.82, 2.24) is 0 Å². The molecule has 0 unspecified atom stereocenters. The Kier molecular flexibility index (Phi) is 5.96. The van der Waals surface area contributed by atoms with Crippen molar-refractivity contribution in [3.63, 3.8) is 0 Å². The molecule has 3 rings (SSSR count). The molecule has 6 heteroatoms. The predicted molar refractivity (Wildman–Crippen MR) is 103 cm³/mol. The molecule has 144 valence electrons. The number of hydrogen-bond donors (Lipinski definition) is 1. The van der Waals surface area contributed by atoms with E-state index >= 15 is 0 Å². The van der Waals surface area contributed by atoms with E-state index in [4.69, 9.17) is 9.47 Å². The third kappa shape index (κ3) is 4.77. The van der Waals surface area contributed by atoms with Gasteiger partial charge in [-0.2, -0.15) is 0 Å². The van der Waals surface area contributed by atoms with Crippen LogP contribution in [0.4, 0.5) is 5.69 Å². The van der Waals surface area contributed by atoms with E-state index in [2.05, 4.69) is 0 Å². The number of nitro benzene ring substituents is 1. The topological polar surface area (TPSA) is 81.8 Å². The number of non-ortho nitro benzene ring substituents is 1. The molecule has 0 saturated carbocycles. The van der Waals surface area contributed by atoms with E-state index < -0.39 is 4.92 Å². The summed E-state index contributed by atoms with van der Waals surface area (Å²) in [6.07, 6.45) is 3.93. The maximum absolute atomic E-state index is 11.0. The second kappa shape index (κ2) is 8.39. The van der Waals surface area contributed by atoms with Gasteiger partial charge in [0.2, 0.25) is 0 Å². The van der Waals surface area contributed by atoms with Crippen LogP contribution in [-0.4, -0.2) is 23.2 Å². The Balaban J connectivity index is 1.75. The highest BCUT2D eigenvalue weighted by Gasteiger charge is 2.16. The van der Waals surface area contributed by atoms with Crippen LogP contribution in [0.15, 0.2) is 30.3 Å². The molecule has 1 saturated heterocycles. The molecule has 0 aliphatic carbocycles. The molecular formula is C21H25NO5. The van der Waals surface area contributed by atoms with E-state index in [1.165, 1.54) is 12.1 Å². The third-order valence-electron chi connectivity index (χ3n) is 5.09. The van der Waals surface area contributed by atoms with E-state index in [-0.39, 0.29) is 11.4 Å². The number of aromatic hydroxyl groups is 1. The van der Waals surface area contributed by atoms with Crippen molar-refractivity contribution in [1.29, 1.82) is 0 Å². The molecule has 0 amide bonds. The van der Waals surface area contributed by atoms with Crippen LogP contribution in [0, 0.1) is 29.9 Å². The standard InChI is InChI=1S/C21H25NO5/c1-14-11-18(22(24)25)12-15(2)21(14)27-19-5-6-20(23)17(13-19)4-3-16-7-9-26-10-8-16/h5-6,11-13,16,23H,3-4,7-10H2,1-2H3. The monoisotopic (exact) mass is 371 g/mol. The zero-order valence-corrected chi connectivity index (χ0v) is 15.7. The molecule has 27 heavy (non-hydrogen) atoms. The van der Waals surface area contributed by atoms with Gasteiger partial charge in [0, 0.05) is 25.3 Å². The molecule has 2 aromatic rings. The quantitative estimate of drug-likeness (QED) is 0.566. The zero-order valence-electron chi connectivity index (χ0n) is 15.7. The second-order valence-electron chi connectivity index (χ2n) is 7.15. The normalized spacial score (nSPS) is 14.9. The van der Waals surface area contributed by atoms with Crippen LogP contribution in [0.1, 0.15) is 36.0 Å². The summed E-state index contributed by atoms with van der Waals surface area (Å²) in [5, 5.41) is 21.2. The summed E-state index contributed by atoms with van der Waals surface area (Å²) in [7, 11) is 0. The maximum atomic E-state index is 11.0. The molecule has 0 radical (unpaired) electrons. The highest BCUT2D eigenvalue weighted by Crippen LogP contribution is 2.34. The maximum Gasteiger partial charge on any atom is 0.270 e. The molecular weight excluding hydrogens is 346 g/mol.